The summed E-state index contributed by atoms with van der Waals surface area (Å²) < 4.78 is 11.9. The minimum Gasteiger partial charge on any atom is -0.494 e. The van der Waals surface area contributed by atoms with E-state index in [9.17, 15) is 4.79 Å². The summed E-state index contributed by atoms with van der Waals surface area (Å²) in [4.78, 5) is 13.0. The predicted octanol–water partition coefficient (Wildman–Crippen LogP) is 10.4. The molecule has 3 nitrogen and oxygen atoms in total. The lowest BCUT2D eigenvalue weighted by Gasteiger charge is -2.58. The molecule has 0 N–H and O–H groups in total. The Balaban J connectivity index is 1.19. The van der Waals surface area contributed by atoms with Crippen molar-refractivity contribution in [3.8, 4) is 5.75 Å². The second-order valence-corrected chi connectivity index (χ2v) is 15.3. The van der Waals surface area contributed by atoms with Gasteiger partial charge in [0.25, 0.3) is 0 Å². The Kier molecular flexibility index (Phi) is 9.61. The summed E-state index contributed by atoms with van der Waals surface area (Å²) in [5, 5.41) is 0. The van der Waals surface area contributed by atoms with Crippen LogP contribution in [0.4, 0.5) is 0 Å². The lowest BCUT2D eigenvalue weighted by Crippen LogP contribution is -2.51. The normalized spacial score (nSPS) is 35.2. The highest BCUT2D eigenvalue weighted by atomic mass is 16.5. The van der Waals surface area contributed by atoms with Crippen LogP contribution in [-0.2, 0) is 4.74 Å². The first-order valence-electron chi connectivity index (χ1n) is 17.3. The van der Waals surface area contributed by atoms with Crippen molar-refractivity contribution in [1.82, 2.24) is 0 Å². The SMILES string of the molecule is CCCCOc1ccc(C(=O)OC2CCC3(C)C(=CCC4C3CCC3(C)C(C(C)CCCC(C)C)CCC43)C2)cc1. The van der Waals surface area contributed by atoms with Gasteiger partial charge < -0.3 is 9.47 Å². The molecule has 0 radical (unpaired) electrons. The molecule has 3 heteroatoms. The summed E-state index contributed by atoms with van der Waals surface area (Å²) in [5.41, 5.74) is 3.03. The number of carbonyl (C=O) groups is 1. The highest BCUT2D eigenvalue weighted by Crippen LogP contribution is 2.67. The van der Waals surface area contributed by atoms with Gasteiger partial charge in [0.15, 0.2) is 0 Å². The average molecular weight is 563 g/mol. The molecule has 41 heavy (non-hydrogen) atoms. The number of esters is 1. The minimum atomic E-state index is -0.194. The van der Waals surface area contributed by atoms with Crippen molar-refractivity contribution in [2.75, 3.05) is 6.61 Å². The summed E-state index contributed by atoms with van der Waals surface area (Å²) in [6.45, 7) is 15.4. The van der Waals surface area contributed by atoms with Gasteiger partial charge in [-0.1, -0.05) is 78.9 Å². The number of rotatable bonds is 11. The molecule has 228 valence electrons. The third-order valence-corrected chi connectivity index (χ3v) is 12.4. The number of carbonyl (C=O) groups excluding carboxylic acids is 1. The summed E-state index contributed by atoms with van der Waals surface area (Å²) in [5.74, 6) is 5.75. The van der Waals surface area contributed by atoms with Gasteiger partial charge in [-0.15, -0.1) is 0 Å². The summed E-state index contributed by atoms with van der Waals surface area (Å²) >= 11 is 0. The number of hydrogen-bond acceptors (Lipinski definition) is 3. The number of hydrogen-bond donors (Lipinski definition) is 0. The standard InChI is InChI=1S/C38H58O3/c1-7-8-24-40-30-15-12-28(13-16-30)36(39)41-31-20-22-37(5)29(25-31)14-17-32-34-19-18-33(27(4)11-9-10-26(2)3)38(34,6)23-21-35(32)37/h12-16,26-27,31-35H,7-11,17-25H2,1-6H3. The first kappa shape index (κ1) is 30.7. The van der Waals surface area contributed by atoms with Gasteiger partial charge >= 0.3 is 5.97 Å². The maximum absolute atomic E-state index is 13.0. The second-order valence-electron chi connectivity index (χ2n) is 15.3. The highest BCUT2D eigenvalue weighted by Gasteiger charge is 2.59. The Labute approximate surface area is 251 Å². The molecule has 0 aromatic heterocycles. The monoisotopic (exact) mass is 562 g/mol. The molecule has 8 unspecified atom stereocenters. The largest absolute Gasteiger partial charge is 0.494 e. The maximum Gasteiger partial charge on any atom is 0.338 e. The van der Waals surface area contributed by atoms with Crippen LogP contribution in [0.1, 0.15) is 135 Å². The molecule has 5 rings (SSSR count). The Morgan fingerprint density at radius 3 is 2.46 bits per heavy atom. The number of fused-ring (bicyclic) bond motifs is 5. The van der Waals surface area contributed by atoms with Gasteiger partial charge in [-0.2, -0.15) is 0 Å². The lowest BCUT2D eigenvalue weighted by atomic mass is 9.47. The van der Waals surface area contributed by atoms with Crippen LogP contribution in [0.15, 0.2) is 35.9 Å². The average Bonchev–Trinajstić information content (AvgIpc) is 3.31. The van der Waals surface area contributed by atoms with Crippen LogP contribution in [0.5, 0.6) is 5.75 Å². The van der Waals surface area contributed by atoms with Crippen LogP contribution in [0.2, 0.25) is 0 Å². The van der Waals surface area contributed by atoms with E-state index < -0.39 is 0 Å². The molecule has 0 spiro atoms. The fraction of sp³-hybridized carbons (Fsp3) is 0.763. The van der Waals surface area contributed by atoms with E-state index in [0.29, 0.717) is 11.0 Å². The minimum absolute atomic E-state index is 0.00439. The molecule has 1 aromatic carbocycles. The van der Waals surface area contributed by atoms with E-state index in [2.05, 4.69) is 47.6 Å². The van der Waals surface area contributed by atoms with Crippen molar-refractivity contribution in [2.45, 2.75) is 131 Å². The number of unbranched alkanes of at least 4 members (excludes halogenated alkanes) is 1. The fourth-order valence-electron chi connectivity index (χ4n) is 9.99. The lowest BCUT2D eigenvalue weighted by molar-refractivity contribution is -0.0594. The van der Waals surface area contributed by atoms with Crippen molar-refractivity contribution in [1.29, 1.82) is 0 Å². The van der Waals surface area contributed by atoms with Gasteiger partial charge in [0.2, 0.25) is 0 Å². The van der Waals surface area contributed by atoms with Crippen molar-refractivity contribution >= 4 is 5.97 Å². The first-order chi connectivity index (χ1) is 19.7. The van der Waals surface area contributed by atoms with E-state index in [1.165, 1.54) is 51.4 Å². The van der Waals surface area contributed by atoms with E-state index in [4.69, 9.17) is 9.47 Å². The third-order valence-electron chi connectivity index (χ3n) is 12.4. The molecule has 4 aliphatic rings. The van der Waals surface area contributed by atoms with Crippen LogP contribution in [0.25, 0.3) is 0 Å². The van der Waals surface area contributed by atoms with Crippen molar-refractivity contribution in [3.63, 3.8) is 0 Å². The van der Waals surface area contributed by atoms with Gasteiger partial charge in [-0.3, -0.25) is 0 Å². The summed E-state index contributed by atoms with van der Waals surface area (Å²) in [7, 11) is 0. The summed E-state index contributed by atoms with van der Waals surface area (Å²) in [6, 6.07) is 7.48. The quantitative estimate of drug-likeness (QED) is 0.153. The van der Waals surface area contributed by atoms with Crippen molar-refractivity contribution < 1.29 is 14.3 Å². The molecular formula is C38H58O3. The Bertz CT molecular complexity index is 1060. The number of ether oxygens (including phenoxy) is 2. The van der Waals surface area contributed by atoms with Gasteiger partial charge in [0.1, 0.15) is 11.9 Å². The van der Waals surface area contributed by atoms with Gasteiger partial charge in [-0.05, 0) is 122 Å². The first-order valence-corrected chi connectivity index (χ1v) is 17.3. The Hall–Kier alpha value is -1.77. The summed E-state index contributed by atoms with van der Waals surface area (Å²) in [6.07, 6.45) is 18.9. The van der Waals surface area contributed by atoms with Crippen molar-refractivity contribution in [2.24, 2.45) is 46.3 Å². The van der Waals surface area contributed by atoms with Crippen LogP contribution < -0.4 is 4.74 Å². The Morgan fingerprint density at radius 2 is 1.73 bits per heavy atom. The number of benzene rings is 1. The zero-order chi connectivity index (χ0) is 29.2. The molecule has 0 bridgehead atoms. The van der Waals surface area contributed by atoms with E-state index in [-0.39, 0.29) is 17.5 Å². The number of allylic oxidation sites excluding steroid dienone is 1. The Morgan fingerprint density at radius 1 is 0.951 bits per heavy atom. The van der Waals surface area contributed by atoms with E-state index in [0.717, 1.165) is 80.0 Å². The van der Waals surface area contributed by atoms with Crippen LogP contribution in [0.3, 0.4) is 0 Å². The van der Waals surface area contributed by atoms with Crippen LogP contribution >= 0.6 is 0 Å². The van der Waals surface area contributed by atoms with Crippen molar-refractivity contribution in [3.05, 3.63) is 41.5 Å². The van der Waals surface area contributed by atoms with Gasteiger partial charge in [0.05, 0.1) is 12.2 Å². The molecule has 1 aromatic rings. The molecule has 4 aliphatic carbocycles. The molecule has 0 heterocycles. The topological polar surface area (TPSA) is 35.5 Å². The van der Waals surface area contributed by atoms with Crippen LogP contribution in [0, 0.1) is 46.3 Å². The third kappa shape index (κ3) is 6.30. The van der Waals surface area contributed by atoms with E-state index >= 15 is 0 Å². The van der Waals surface area contributed by atoms with E-state index in [1.807, 2.05) is 24.3 Å². The molecule has 8 atom stereocenters. The van der Waals surface area contributed by atoms with Gasteiger partial charge in [-0.25, -0.2) is 4.79 Å². The zero-order valence-electron chi connectivity index (χ0n) is 27.1. The highest BCUT2D eigenvalue weighted by molar-refractivity contribution is 5.89. The van der Waals surface area contributed by atoms with Gasteiger partial charge in [0, 0.05) is 6.42 Å². The molecule has 3 fully saturated rings. The van der Waals surface area contributed by atoms with Crippen LogP contribution in [-0.4, -0.2) is 18.7 Å². The molecular weight excluding hydrogens is 504 g/mol. The fourth-order valence-corrected chi connectivity index (χ4v) is 9.99. The molecule has 3 saturated carbocycles. The molecule has 0 aliphatic heterocycles. The second kappa shape index (κ2) is 12.8. The molecule has 0 saturated heterocycles. The smallest absolute Gasteiger partial charge is 0.338 e. The zero-order valence-corrected chi connectivity index (χ0v) is 27.1. The maximum atomic E-state index is 13.0. The molecule has 0 amide bonds. The predicted molar refractivity (Wildman–Crippen MR) is 169 cm³/mol. The van der Waals surface area contributed by atoms with E-state index in [1.54, 1.807) is 5.57 Å².